The van der Waals surface area contributed by atoms with Gasteiger partial charge in [0.2, 0.25) is 11.8 Å². The van der Waals surface area contributed by atoms with Gasteiger partial charge in [-0.3, -0.25) is 29.4 Å². The minimum atomic E-state index is -0.503. The van der Waals surface area contributed by atoms with E-state index in [1.54, 1.807) is 36.4 Å². The molecule has 1 atom stereocenters. The fourth-order valence-corrected chi connectivity index (χ4v) is 4.15. The Hall–Kier alpha value is -3.79. The quantitative estimate of drug-likeness (QED) is 0.432. The highest BCUT2D eigenvalue weighted by molar-refractivity contribution is 6.22. The molecule has 0 aliphatic carbocycles. The van der Waals surface area contributed by atoms with Gasteiger partial charge in [-0.1, -0.05) is 0 Å². The lowest BCUT2D eigenvalue weighted by molar-refractivity contribution is -0.384. The lowest BCUT2D eigenvalue weighted by Gasteiger charge is -2.38. The minimum absolute atomic E-state index is 0.0487. The first-order chi connectivity index (χ1) is 15.3. The van der Waals surface area contributed by atoms with Crippen molar-refractivity contribution in [1.82, 2.24) is 4.90 Å². The lowest BCUT2D eigenvalue weighted by Crippen LogP contribution is -2.52. The number of benzene rings is 2. The van der Waals surface area contributed by atoms with Gasteiger partial charge in [0.05, 0.1) is 23.1 Å². The van der Waals surface area contributed by atoms with Crippen LogP contribution in [-0.2, 0) is 14.4 Å². The molecule has 10 nitrogen and oxygen atoms in total. The number of nitrogens with zero attached hydrogens (tertiary/aromatic N) is 4. The van der Waals surface area contributed by atoms with Crippen molar-refractivity contribution >= 4 is 40.5 Å². The van der Waals surface area contributed by atoms with Gasteiger partial charge in [-0.15, -0.1) is 0 Å². The maximum atomic E-state index is 13.0. The Morgan fingerprint density at radius 3 is 2.12 bits per heavy atom. The van der Waals surface area contributed by atoms with Crippen LogP contribution < -0.4 is 15.1 Å². The third kappa shape index (κ3) is 4.30. The zero-order chi connectivity index (χ0) is 22.8. The molecule has 166 valence electrons. The molecule has 2 aromatic carbocycles. The number of rotatable bonds is 5. The van der Waals surface area contributed by atoms with Crippen molar-refractivity contribution in [2.24, 2.45) is 0 Å². The van der Waals surface area contributed by atoms with Gasteiger partial charge in [0.1, 0.15) is 0 Å². The van der Waals surface area contributed by atoms with E-state index in [-0.39, 0.29) is 29.8 Å². The van der Waals surface area contributed by atoms with Crippen molar-refractivity contribution < 1.29 is 19.3 Å². The van der Waals surface area contributed by atoms with Crippen LogP contribution >= 0.6 is 0 Å². The molecule has 2 aliphatic rings. The molecular weight excluding hydrogens is 414 g/mol. The summed E-state index contributed by atoms with van der Waals surface area (Å²) in [5.74, 6) is -0.685. The molecule has 0 bridgehead atoms. The maximum absolute atomic E-state index is 13.0. The summed E-state index contributed by atoms with van der Waals surface area (Å²) in [6.07, 6.45) is 0.129. The second kappa shape index (κ2) is 8.75. The van der Waals surface area contributed by atoms with Gasteiger partial charge in [0, 0.05) is 56.6 Å². The molecule has 2 fully saturated rings. The van der Waals surface area contributed by atoms with E-state index in [0.717, 1.165) is 5.69 Å². The smallest absolute Gasteiger partial charge is 0.269 e. The number of nitrogens with one attached hydrogen (secondary N) is 1. The number of non-ortho nitro benzene ring substituents is 1. The fourth-order valence-electron chi connectivity index (χ4n) is 4.15. The van der Waals surface area contributed by atoms with Crippen molar-refractivity contribution in [3.8, 4) is 0 Å². The number of nitro benzene ring substituents is 1. The lowest BCUT2D eigenvalue weighted by atomic mass is 10.1. The molecule has 4 rings (SSSR count). The van der Waals surface area contributed by atoms with Crippen LogP contribution in [0, 0.1) is 10.1 Å². The molecule has 32 heavy (non-hydrogen) atoms. The van der Waals surface area contributed by atoms with Gasteiger partial charge >= 0.3 is 0 Å². The predicted molar refractivity (Wildman–Crippen MR) is 119 cm³/mol. The minimum Gasteiger partial charge on any atom is -0.369 e. The van der Waals surface area contributed by atoms with E-state index in [4.69, 9.17) is 0 Å². The zero-order valence-corrected chi connectivity index (χ0v) is 17.6. The average molecular weight is 437 g/mol. The molecule has 2 saturated heterocycles. The number of carbonyl (C=O) groups excluding carboxylic acids is 3. The Morgan fingerprint density at radius 1 is 0.969 bits per heavy atom. The number of amides is 3. The van der Waals surface area contributed by atoms with Crippen molar-refractivity contribution in [1.29, 1.82) is 0 Å². The van der Waals surface area contributed by atoms with E-state index >= 15 is 0 Å². The Morgan fingerprint density at radius 2 is 1.56 bits per heavy atom. The van der Waals surface area contributed by atoms with Gasteiger partial charge in [0.15, 0.2) is 0 Å². The number of nitro groups is 1. The summed E-state index contributed by atoms with van der Waals surface area (Å²) in [5.41, 5.74) is 2.03. The molecule has 1 N–H and O–H groups in total. The highest BCUT2D eigenvalue weighted by Gasteiger charge is 2.43. The van der Waals surface area contributed by atoms with Crippen molar-refractivity contribution in [3.63, 3.8) is 0 Å². The van der Waals surface area contributed by atoms with Crippen LogP contribution in [0.3, 0.4) is 0 Å². The number of hydrogen-bond donors (Lipinski definition) is 1. The van der Waals surface area contributed by atoms with Crippen LogP contribution in [0.15, 0.2) is 48.5 Å². The third-order valence-electron chi connectivity index (χ3n) is 5.75. The maximum Gasteiger partial charge on any atom is 0.269 e. The molecule has 10 heteroatoms. The molecule has 3 amide bonds. The van der Waals surface area contributed by atoms with Crippen LogP contribution in [0.4, 0.5) is 22.7 Å². The largest absolute Gasteiger partial charge is 0.369 e. The highest BCUT2D eigenvalue weighted by atomic mass is 16.6. The van der Waals surface area contributed by atoms with Crippen molar-refractivity contribution in [2.75, 3.05) is 41.3 Å². The summed E-state index contributed by atoms with van der Waals surface area (Å²) >= 11 is 0. The number of carbonyl (C=O) groups is 3. The molecule has 2 heterocycles. The summed E-state index contributed by atoms with van der Waals surface area (Å²) in [7, 11) is 0. The number of piperazine rings is 1. The standard InChI is InChI=1S/C22H23N5O5/c1-15(28)23-16-2-4-18(5-3-16)26-21(29)14-20(22(26)30)25-12-10-24(11-13-25)17-6-8-19(9-7-17)27(31)32/h2-9,20H,10-14H2,1H3,(H,23,28)/t20-/m1/s1. The Labute approximate surface area is 184 Å². The molecule has 0 unspecified atom stereocenters. The van der Waals surface area contributed by atoms with E-state index in [2.05, 4.69) is 10.2 Å². The topological polar surface area (TPSA) is 116 Å². The summed E-state index contributed by atoms with van der Waals surface area (Å²) < 4.78 is 0. The molecule has 0 saturated carbocycles. The second-order valence-corrected chi connectivity index (χ2v) is 7.81. The Bertz CT molecular complexity index is 1050. The molecule has 0 aromatic heterocycles. The van der Waals surface area contributed by atoms with Crippen LogP contribution in [0.1, 0.15) is 13.3 Å². The van der Waals surface area contributed by atoms with E-state index in [1.165, 1.54) is 24.0 Å². The number of imide groups is 1. The van der Waals surface area contributed by atoms with Crippen LogP contribution in [0.2, 0.25) is 0 Å². The van der Waals surface area contributed by atoms with Crippen LogP contribution in [0.25, 0.3) is 0 Å². The van der Waals surface area contributed by atoms with E-state index in [9.17, 15) is 24.5 Å². The van der Waals surface area contributed by atoms with E-state index < -0.39 is 11.0 Å². The SMILES string of the molecule is CC(=O)Nc1ccc(N2C(=O)C[C@@H](N3CCN(c4ccc([N+](=O)[O-])cc4)CC3)C2=O)cc1. The van der Waals surface area contributed by atoms with Gasteiger partial charge in [0.25, 0.3) is 11.6 Å². The molecule has 2 aromatic rings. The number of hydrogen-bond acceptors (Lipinski definition) is 7. The van der Waals surface area contributed by atoms with Gasteiger partial charge in [-0.05, 0) is 36.4 Å². The van der Waals surface area contributed by atoms with E-state index in [0.29, 0.717) is 37.6 Å². The fraction of sp³-hybridized carbons (Fsp3) is 0.318. The Kier molecular flexibility index (Phi) is 5.87. The molecular formula is C22H23N5O5. The normalized spacial score (nSPS) is 19.3. The van der Waals surface area contributed by atoms with Crippen molar-refractivity contribution in [2.45, 2.75) is 19.4 Å². The van der Waals surface area contributed by atoms with Gasteiger partial charge in [-0.25, -0.2) is 4.90 Å². The summed E-state index contributed by atoms with van der Waals surface area (Å²) in [6.45, 7) is 3.93. The molecule has 2 aliphatic heterocycles. The van der Waals surface area contributed by atoms with Crippen LogP contribution in [-0.4, -0.2) is 59.8 Å². The Balaban J connectivity index is 1.39. The zero-order valence-electron chi connectivity index (χ0n) is 17.6. The monoisotopic (exact) mass is 437 g/mol. The first kappa shape index (κ1) is 21.4. The predicted octanol–water partition coefficient (Wildman–Crippen LogP) is 2.01. The first-order valence-corrected chi connectivity index (χ1v) is 10.3. The molecule has 0 spiro atoms. The van der Waals surface area contributed by atoms with E-state index in [1.807, 2.05) is 4.90 Å². The second-order valence-electron chi connectivity index (χ2n) is 7.81. The average Bonchev–Trinajstić information content (AvgIpc) is 3.08. The summed E-state index contributed by atoms with van der Waals surface area (Å²) in [5, 5.41) is 13.5. The summed E-state index contributed by atoms with van der Waals surface area (Å²) in [4.78, 5) is 52.6. The van der Waals surface area contributed by atoms with Crippen molar-refractivity contribution in [3.05, 3.63) is 58.6 Å². The van der Waals surface area contributed by atoms with Crippen LogP contribution in [0.5, 0.6) is 0 Å². The van der Waals surface area contributed by atoms with Gasteiger partial charge < -0.3 is 10.2 Å². The summed E-state index contributed by atoms with van der Waals surface area (Å²) in [6, 6.07) is 12.5. The number of anilines is 3. The van der Waals surface area contributed by atoms with Gasteiger partial charge in [-0.2, -0.15) is 0 Å². The highest BCUT2D eigenvalue weighted by Crippen LogP contribution is 2.28. The third-order valence-corrected chi connectivity index (χ3v) is 5.75. The first-order valence-electron chi connectivity index (χ1n) is 10.3. The molecule has 0 radical (unpaired) electrons.